The van der Waals surface area contributed by atoms with Gasteiger partial charge in [-0.25, -0.2) is 9.69 Å². The largest absolute Gasteiger partial charge is 0.349 e. The van der Waals surface area contributed by atoms with Crippen molar-refractivity contribution in [3.63, 3.8) is 0 Å². The standard InChI is InChI=1S/C25H36N4O3/c1-24(2,3)19-9-13-25(14-10-19)22(31)29(23(32)27-25)17-28-15-11-20(12-16-28)26-21(30)18-7-5-4-6-8-18/h4-8,19-20H,9-17H2,1-3H3,(H,26,30)(H,27,32). The maximum Gasteiger partial charge on any atom is 0.326 e. The number of carbonyl (C=O) groups is 3. The Hall–Kier alpha value is -2.41. The molecule has 0 radical (unpaired) electrons. The summed E-state index contributed by atoms with van der Waals surface area (Å²) in [4.78, 5) is 41.9. The summed E-state index contributed by atoms with van der Waals surface area (Å²) in [6.45, 7) is 8.58. The minimum absolute atomic E-state index is 0.0500. The van der Waals surface area contributed by atoms with E-state index in [4.69, 9.17) is 0 Å². The van der Waals surface area contributed by atoms with Gasteiger partial charge in [-0.05, 0) is 62.0 Å². The minimum atomic E-state index is -0.708. The first kappa shape index (κ1) is 22.8. The van der Waals surface area contributed by atoms with Crippen LogP contribution in [0.1, 0.15) is 69.7 Å². The molecular weight excluding hydrogens is 404 g/mol. The van der Waals surface area contributed by atoms with Crippen LogP contribution >= 0.6 is 0 Å². The monoisotopic (exact) mass is 440 g/mol. The normalized spacial score (nSPS) is 27.6. The molecule has 1 saturated carbocycles. The molecule has 4 rings (SSSR count). The van der Waals surface area contributed by atoms with E-state index in [0.29, 0.717) is 18.2 Å². The summed E-state index contributed by atoms with van der Waals surface area (Å²) >= 11 is 0. The molecule has 0 atom stereocenters. The van der Waals surface area contributed by atoms with Gasteiger partial charge in [0.2, 0.25) is 0 Å². The maximum atomic E-state index is 13.2. The topological polar surface area (TPSA) is 81.8 Å². The van der Waals surface area contributed by atoms with Crippen LogP contribution in [0.25, 0.3) is 0 Å². The Morgan fingerprint density at radius 2 is 1.69 bits per heavy atom. The number of piperidine rings is 1. The summed E-state index contributed by atoms with van der Waals surface area (Å²) in [6, 6.07) is 9.09. The van der Waals surface area contributed by atoms with Gasteiger partial charge in [0.05, 0.1) is 6.67 Å². The maximum absolute atomic E-state index is 13.2. The van der Waals surface area contributed by atoms with Crippen molar-refractivity contribution in [3.8, 4) is 0 Å². The molecule has 2 N–H and O–H groups in total. The summed E-state index contributed by atoms with van der Waals surface area (Å²) in [7, 11) is 0. The molecule has 4 amide bonds. The highest BCUT2D eigenvalue weighted by atomic mass is 16.2. The Balaban J connectivity index is 1.28. The Morgan fingerprint density at radius 1 is 1.06 bits per heavy atom. The molecule has 3 fully saturated rings. The number of carbonyl (C=O) groups excluding carboxylic acids is 3. The summed E-state index contributed by atoms with van der Waals surface area (Å²) in [5.41, 5.74) is 0.189. The van der Waals surface area contributed by atoms with Crippen LogP contribution in [0.5, 0.6) is 0 Å². The van der Waals surface area contributed by atoms with E-state index < -0.39 is 5.54 Å². The average molecular weight is 441 g/mol. The lowest BCUT2D eigenvalue weighted by atomic mass is 9.67. The Bertz CT molecular complexity index is 848. The van der Waals surface area contributed by atoms with Crippen LogP contribution in [-0.4, -0.2) is 59.0 Å². The number of nitrogens with one attached hydrogen (secondary N) is 2. The number of nitrogens with zero attached hydrogens (tertiary/aromatic N) is 2. The van der Waals surface area contributed by atoms with E-state index in [1.54, 1.807) is 0 Å². The molecule has 1 aliphatic carbocycles. The highest BCUT2D eigenvalue weighted by Crippen LogP contribution is 2.43. The third kappa shape index (κ3) is 4.68. The Morgan fingerprint density at radius 3 is 2.28 bits per heavy atom. The van der Waals surface area contributed by atoms with E-state index in [9.17, 15) is 14.4 Å². The lowest BCUT2D eigenvalue weighted by Crippen LogP contribution is -2.52. The molecule has 7 nitrogen and oxygen atoms in total. The summed E-state index contributed by atoms with van der Waals surface area (Å²) in [5.74, 6) is 0.470. The number of imide groups is 1. The van der Waals surface area contributed by atoms with Gasteiger partial charge in [-0.2, -0.15) is 0 Å². The van der Waals surface area contributed by atoms with Crippen molar-refractivity contribution in [3.05, 3.63) is 35.9 Å². The Kier molecular flexibility index (Phi) is 6.30. The summed E-state index contributed by atoms with van der Waals surface area (Å²) < 4.78 is 0. The average Bonchev–Trinajstić information content (AvgIpc) is 2.99. The second kappa shape index (κ2) is 8.85. The van der Waals surface area contributed by atoms with Gasteiger partial charge >= 0.3 is 6.03 Å². The first-order valence-electron chi connectivity index (χ1n) is 11.9. The molecule has 2 heterocycles. The number of hydrogen-bond donors (Lipinski definition) is 2. The van der Waals surface area contributed by atoms with Crippen LogP contribution in [0.4, 0.5) is 4.79 Å². The summed E-state index contributed by atoms with van der Waals surface area (Å²) in [6.07, 6.45) is 5.00. The molecule has 174 valence electrons. The van der Waals surface area contributed by atoms with Gasteiger partial charge in [0, 0.05) is 24.7 Å². The molecule has 1 spiro atoms. The van der Waals surface area contributed by atoms with Crippen LogP contribution in [0.15, 0.2) is 30.3 Å². The molecule has 2 saturated heterocycles. The predicted molar refractivity (Wildman–Crippen MR) is 123 cm³/mol. The van der Waals surface area contributed by atoms with Crippen LogP contribution in [0, 0.1) is 11.3 Å². The number of rotatable bonds is 4. The number of urea groups is 1. The first-order valence-corrected chi connectivity index (χ1v) is 11.9. The molecule has 0 aromatic heterocycles. The molecule has 1 aromatic rings. The van der Waals surface area contributed by atoms with Gasteiger partial charge in [-0.3, -0.25) is 14.5 Å². The van der Waals surface area contributed by atoms with E-state index >= 15 is 0 Å². The zero-order valence-electron chi connectivity index (χ0n) is 19.5. The van der Waals surface area contributed by atoms with E-state index in [1.165, 1.54) is 4.90 Å². The van der Waals surface area contributed by atoms with Gasteiger partial charge in [-0.1, -0.05) is 39.0 Å². The van der Waals surface area contributed by atoms with Gasteiger partial charge in [0.15, 0.2) is 0 Å². The lowest BCUT2D eigenvalue weighted by Gasteiger charge is -2.40. The third-order valence-corrected chi connectivity index (χ3v) is 7.61. The van der Waals surface area contributed by atoms with E-state index in [-0.39, 0.29) is 29.3 Å². The van der Waals surface area contributed by atoms with Gasteiger partial charge in [0.1, 0.15) is 5.54 Å². The zero-order valence-corrected chi connectivity index (χ0v) is 19.5. The smallest absolute Gasteiger partial charge is 0.326 e. The van der Waals surface area contributed by atoms with Gasteiger partial charge < -0.3 is 10.6 Å². The van der Waals surface area contributed by atoms with E-state index in [2.05, 4.69) is 36.3 Å². The number of hydrogen-bond acceptors (Lipinski definition) is 4. The van der Waals surface area contributed by atoms with Gasteiger partial charge in [0.25, 0.3) is 11.8 Å². The number of benzene rings is 1. The number of likely N-dealkylation sites (tertiary alicyclic amines) is 1. The fraction of sp³-hybridized carbons (Fsp3) is 0.640. The highest BCUT2D eigenvalue weighted by molar-refractivity contribution is 6.07. The SMILES string of the molecule is CC(C)(C)C1CCC2(CC1)NC(=O)N(CN1CCC(NC(=O)c3ccccc3)CC1)C2=O. The van der Waals surface area contributed by atoms with Crippen LogP contribution < -0.4 is 10.6 Å². The van der Waals surface area contributed by atoms with Crippen LogP contribution in [0.3, 0.4) is 0 Å². The minimum Gasteiger partial charge on any atom is -0.349 e. The molecule has 3 aliphatic rings. The van der Waals surface area contributed by atoms with Crippen molar-refractivity contribution < 1.29 is 14.4 Å². The molecule has 0 unspecified atom stereocenters. The van der Waals surface area contributed by atoms with Crippen molar-refractivity contribution >= 4 is 17.8 Å². The number of amides is 4. The van der Waals surface area contributed by atoms with Crippen molar-refractivity contribution in [2.75, 3.05) is 19.8 Å². The van der Waals surface area contributed by atoms with Crippen molar-refractivity contribution in [2.24, 2.45) is 11.3 Å². The molecule has 1 aromatic carbocycles. The molecular formula is C25H36N4O3. The quantitative estimate of drug-likeness (QED) is 0.704. The van der Waals surface area contributed by atoms with Crippen molar-refractivity contribution in [1.29, 1.82) is 0 Å². The lowest BCUT2D eigenvalue weighted by molar-refractivity contribution is -0.134. The molecule has 2 aliphatic heterocycles. The first-order chi connectivity index (χ1) is 15.2. The predicted octanol–water partition coefficient (Wildman–Crippen LogP) is 3.37. The second-order valence-electron chi connectivity index (χ2n) is 10.8. The van der Waals surface area contributed by atoms with Crippen molar-refractivity contribution in [2.45, 2.75) is 70.9 Å². The zero-order chi connectivity index (χ0) is 22.9. The summed E-state index contributed by atoms with van der Waals surface area (Å²) in [5, 5.41) is 6.14. The van der Waals surface area contributed by atoms with E-state index in [1.807, 2.05) is 30.3 Å². The van der Waals surface area contributed by atoms with Crippen LogP contribution in [-0.2, 0) is 4.79 Å². The Labute approximate surface area is 190 Å². The van der Waals surface area contributed by atoms with E-state index in [0.717, 1.165) is 51.6 Å². The van der Waals surface area contributed by atoms with Gasteiger partial charge in [-0.15, -0.1) is 0 Å². The fourth-order valence-electron chi connectivity index (χ4n) is 5.40. The molecule has 7 heteroatoms. The van der Waals surface area contributed by atoms with Crippen molar-refractivity contribution in [1.82, 2.24) is 20.4 Å². The fourth-order valence-corrected chi connectivity index (χ4v) is 5.40. The molecule has 0 bridgehead atoms. The second-order valence-corrected chi connectivity index (χ2v) is 10.8. The highest BCUT2D eigenvalue weighted by Gasteiger charge is 2.53. The molecule has 32 heavy (non-hydrogen) atoms. The van der Waals surface area contributed by atoms with Crippen LogP contribution in [0.2, 0.25) is 0 Å². The third-order valence-electron chi connectivity index (χ3n) is 7.61.